The summed E-state index contributed by atoms with van der Waals surface area (Å²) in [6, 6.07) is 34.7. The first-order valence-electron chi connectivity index (χ1n) is 15.0. The Morgan fingerprint density at radius 2 is 1.47 bits per heavy atom. The van der Waals surface area contributed by atoms with Crippen LogP contribution < -0.4 is 0 Å². The number of hydrogen-bond donors (Lipinski definition) is 0. The molecule has 3 heterocycles. The van der Waals surface area contributed by atoms with Crippen molar-refractivity contribution in [2.45, 2.75) is 41.9 Å². The largest absolute Gasteiger partial charge is 0.308 e. The minimum atomic E-state index is -0.0503. The number of aromatic nitrogens is 1. The molecule has 0 unspecified atom stereocenters. The van der Waals surface area contributed by atoms with Crippen molar-refractivity contribution in [1.82, 2.24) is 4.57 Å². The molecule has 4 heteroatoms. The predicted molar refractivity (Wildman–Crippen MR) is 188 cm³/mol. The smallest absolute Gasteiger partial charge is 0.0640 e. The Morgan fingerprint density at radius 3 is 2.42 bits per heavy atom. The highest BCUT2D eigenvalue weighted by Gasteiger charge is 2.36. The number of benzene rings is 5. The fourth-order valence-electron chi connectivity index (χ4n) is 7.61. The Morgan fingerprint density at radius 1 is 0.674 bits per heavy atom. The van der Waals surface area contributed by atoms with Crippen molar-refractivity contribution in [3.05, 3.63) is 124 Å². The van der Waals surface area contributed by atoms with E-state index < -0.39 is 0 Å². The molecule has 1 nitrogen and oxygen atoms in total. The van der Waals surface area contributed by atoms with E-state index >= 15 is 0 Å². The zero-order valence-electron chi connectivity index (χ0n) is 23.9. The Balaban J connectivity index is 1.33. The molecule has 2 aromatic heterocycles. The maximum atomic E-state index is 2.58. The average Bonchev–Trinajstić information content (AvgIpc) is 3.64. The molecule has 5 aromatic carbocycles. The summed E-state index contributed by atoms with van der Waals surface area (Å²) < 4.78 is 5.27. The molecule has 0 saturated carbocycles. The fourth-order valence-corrected chi connectivity index (χ4v) is 11.3. The zero-order chi connectivity index (χ0) is 28.4. The molecule has 206 valence electrons. The van der Waals surface area contributed by atoms with Gasteiger partial charge in [0.1, 0.15) is 0 Å². The summed E-state index contributed by atoms with van der Waals surface area (Å²) in [6.45, 7) is 4.78. The average molecular weight is 606 g/mol. The summed E-state index contributed by atoms with van der Waals surface area (Å²) >= 11 is 5.86. The third-order valence-electron chi connectivity index (χ3n) is 9.69. The molecule has 0 radical (unpaired) electrons. The molecule has 7 aromatic rings. The molecule has 0 fully saturated rings. The Kier molecular flexibility index (Phi) is 4.99. The second-order valence-corrected chi connectivity index (χ2v) is 15.7. The quantitative estimate of drug-likeness (QED) is 0.183. The molecule has 0 saturated heterocycles. The van der Waals surface area contributed by atoms with Gasteiger partial charge in [-0.05, 0) is 71.5 Å². The number of thioether (sulfide) groups is 2. The standard InChI is InChI=1S/C39H27NS3/c1-39(2)28-13-5-3-10-22(28)25-18-26-27-19-36-37(42-35-17-8-7-16-34(35)41-36)21-32(27)40(31(26)20-29(25)39)30-14-9-12-24-23-11-4-6-15-33(23)43-38(24)30/h3-6,8-15,17-21H,7,16H2,1-2H3. The molecule has 3 aliphatic rings. The topological polar surface area (TPSA) is 4.93 Å². The lowest BCUT2D eigenvalue weighted by molar-refractivity contribution is 0.661. The Hall–Kier alpha value is -3.70. The second kappa shape index (κ2) is 8.69. The van der Waals surface area contributed by atoms with Gasteiger partial charge < -0.3 is 4.57 Å². The van der Waals surface area contributed by atoms with Crippen LogP contribution in [0.25, 0.3) is 58.8 Å². The molecule has 2 aliphatic carbocycles. The lowest BCUT2D eigenvalue weighted by Gasteiger charge is -2.22. The van der Waals surface area contributed by atoms with Crippen LogP contribution in [0.5, 0.6) is 0 Å². The van der Waals surface area contributed by atoms with Crippen LogP contribution in [0.1, 0.15) is 37.8 Å². The van der Waals surface area contributed by atoms with E-state index in [0.717, 1.165) is 12.8 Å². The first-order chi connectivity index (χ1) is 21.1. The van der Waals surface area contributed by atoms with Crippen molar-refractivity contribution in [3.8, 4) is 16.8 Å². The molecule has 10 rings (SSSR count). The number of hydrogen-bond acceptors (Lipinski definition) is 3. The molecule has 0 atom stereocenters. The van der Waals surface area contributed by atoms with Gasteiger partial charge in [0.15, 0.2) is 0 Å². The van der Waals surface area contributed by atoms with Gasteiger partial charge in [0.05, 0.1) is 21.4 Å². The summed E-state index contributed by atoms with van der Waals surface area (Å²) in [4.78, 5) is 5.71. The molecular weight excluding hydrogens is 579 g/mol. The number of allylic oxidation sites excluding steroid dienone is 3. The Labute approximate surface area is 262 Å². The van der Waals surface area contributed by atoms with E-state index in [-0.39, 0.29) is 5.41 Å². The summed E-state index contributed by atoms with van der Waals surface area (Å²) in [5, 5.41) is 5.37. The summed E-state index contributed by atoms with van der Waals surface area (Å²) in [6.07, 6.45) is 6.96. The highest BCUT2D eigenvalue weighted by molar-refractivity contribution is 8.09. The van der Waals surface area contributed by atoms with Crippen LogP contribution in [0.2, 0.25) is 0 Å². The minimum Gasteiger partial charge on any atom is -0.308 e. The van der Waals surface area contributed by atoms with Gasteiger partial charge in [-0.1, -0.05) is 104 Å². The fraction of sp³-hybridized carbons (Fsp3) is 0.128. The van der Waals surface area contributed by atoms with Gasteiger partial charge in [-0.15, -0.1) is 11.3 Å². The molecule has 0 bridgehead atoms. The van der Waals surface area contributed by atoms with Gasteiger partial charge in [0.25, 0.3) is 0 Å². The third-order valence-corrected chi connectivity index (χ3v) is 13.5. The van der Waals surface area contributed by atoms with E-state index in [1.54, 1.807) is 0 Å². The number of fused-ring (bicyclic) bond motifs is 10. The SMILES string of the molecule is CC1(C)c2ccccc2-c2cc3c4cc5c(cc4n(-c4cccc6c4sc4ccccc46)c3cc21)SC1=C(CCC=C1)S5. The van der Waals surface area contributed by atoms with Crippen LogP contribution >= 0.6 is 34.9 Å². The lowest BCUT2D eigenvalue weighted by atomic mass is 9.82. The molecule has 1 aliphatic heterocycles. The van der Waals surface area contributed by atoms with E-state index in [2.05, 4.69) is 122 Å². The first-order valence-corrected chi connectivity index (χ1v) is 17.4. The zero-order valence-corrected chi connectivity index (χ0v) is 26.4. The van der Waals surface area contributed by atoms with Gasteiger partial charge in [0.2, 0.25) is 0 Å². The van der Waals surface area contributed by atoms with Gasteiger partial charge in [-0.25, -0.2) is 0 Å². The van der Waals surface area contributed by atoms with E-state index in [0.29, 0.717) is 0 Å². The molecule has 0 amide bonds. The van der Waals surface area contributed by atoms with Crippen LogP contribution in [-0.4, -0.2) is 4.57 Å². The lowest BCUT2D eigenvalue weighted by Crippen LogP contribution is -2.14. The van der Waals surface area contributed by atoms with E-state index in [1.165, 1.54) is 89.5 Å². The van der Waals surface area contributed by atoms with Crippen LogP contribution in [0.4, 0.5) is 0 Å². The highest BCUT2D eigenvalue weighted by Crippen LogP contribution is 2.54. The van der Waals surface area contributed by atoms with E-state index in [4.69, 9.17) is 0 Å². The molecular formula is C39H27NS3. The van der Waals surface area contributed by atoms with Crippen molar-refractivity contribution in [1.29, 1.82) is 0 Å². The minimum absolute atomic E-state index is 0.0503. The van der Waals surface area contributed by atoms with Gasteiger partial charge in [0, 0.05) is 51.3 Å². The van der Waals surface area contributed by atoms with Crippen molar-refractivity contribution >= 4 is 76.8 Å². The highest BCUT2D eigenvalue weighted by atomic mass is 32.2. The van der Waals surface area contributed by atoms with Gasteiger partial charge in [-0.2, -0.15) is 0 Å². The van der Waals surface area contributed by atoms with Crippen molar-refractivity contribution in [3.63, 3.8) is 0 Å². The van der Waals surface area contributed by atoms with Crippen LogP contribution in [0.3, 0.4) is 0 Å². The van der Waals surface area contributed by atoms with E-state index in [9.17, 15) is 0 Å². The van der Waals surface area contributed by atoms with Crippen LogP contribution in [-0.2, 0) is 5.41 Å². The maximum Gasteiger partial charge on any atom is 0.0640 e. The second-order valence-electron chi connectivity index (χ2n) is 12.4. The summed E-state index contributed by atoms with van der Waals surface area (Å²) in [5.41, 5.74) is 9.43. The molecule has 0 spiro atoms. The van der Waals surface area contributed by atoms with Crippen LogP contribution in [0.15, 0.2) is 123 Å². The normalized spacial score (nSPS) is 16.7. The van der Waals surface area contributed by atoms with Crippen LogP contribution in [0, 0.1) is 0 Å². The number of nitrogens with zero attached hydrogens (tertiary/aromatic N) is 1. The molecule has 43 heavy (non-hydrogen) atoms. The van der Waals surface area contributed by atoms with E-state index in [1.807, 2.05) is 34.9 Å². The van der Waals surface area contributed by atoms with Crippen molar-refractivity contribution < 1.29 is 0 Å². The molecule has 0 N–H and O–H groups in total. The predicted octanol–water partition coefficient (Wildman–Crippen LogP) is 12.2. The number of thiophene rings is 1. The van der Waals surface area contributed by atoms with Gasteiger partial charge in [-0.3, -0.25) is 0 Å². The van der Waals surface area contributed by atoms with Crippen molar-refractivity contribution in [2.75, 3.05) is 0 Å². The Bertz CT molecular complexity index is 2430. The summed E-state index contributed by atoms with van der Waals surface area (Å²) in [7, 11) is 0. The third kappa shape index (κ3) is 3.32. The summed E-state index contributed by atoms with van der Waals surface area (Å²) in [5.74, 6) is 0. The van der Waals surface area contributed by atoms with Gasteiger partial charge >= 0.3 is 0 Å². The first kappa shape index (κ1) is 24.7. The van der Waals surface area contributed by atoms with Crippen molar-refractivity contribution in [2.24, 2.45) is 0 Å². The number of rotatable bonds is 1. The monoisotopic (exact) mass is 605 g/mol. The maximum absolute atomic E-state index is 2.58.